The number of piperazine rings is 1. The minimum Gasteiger partial charge on any atom is -0.373 e. The third-order valence-corrected chi connectivity index (χ3v) is 4.88. The Bertz CT molecular complexity index is 982. The summed E-state index contributed by atoms with van der Waals surface area (Å²) < 4.78 is 0. The summed E-state index contributed by atoms with van der Waals surface area (Å²) in [6.45, 7) is 6.64. The van der Waals surface area contributed by atoms with Crippen LogP contribution in [0.4, 0.5) is 11.4 Å². The highest BCUT2D eigenvalue weighted by atomic mass is 16.1. The summed E-state index contributed by atoms with van der Waals surface area (Å²) in [6, 6.07) is 17.1. The third-order valence-electron chi connectivity index (χ3n) is 4.88. The molecule has 148 valence electrons. The van der Waals surface area contributed by atoms with Crippen LogP contribution in [0.15, 0.2) is 60.3 Å². The van der Waals surface area contributed by atoms with Crippen molar-refractivity contribution in [3.63, 3.8) is 0 Å². The van der Waals surface area contributed by atoms with E-state index >= 15 is 0 Å². The first-order valence-corrected chi connectivity index (χ1v) is 9.56. The molecule has 3 rings (SSSR count). The topological polar surface area (TPSA) is 76.4 Å². The zero-order valence-electron chi connectivity index (χ0n) is 16.7. The number of ketones is 1. The number of rotatable bonds is 5. The van der Waals surface area contributed by atoms with Crippen molar-refractivity contribution in [1.82, 2.24) is 4.90 Å². The van der Waals surface area contributed by atoms with Gasteiger partial charge in [0.05, 0.1) is 0 Å². The molecule has 0 atom stereocenters. The molecule has 29 heavy (non-hydrogen) atoms. The number of anilines is 2. The molecule has 0 radical (unpaired) electrons. The van der Waals surface area contributed by atoms with Crippen molar-refractivity contribution in [2.75, 3.05) is 36.4 Å². The molecule has 1 aliphatic rings. The Morgan fingerprint density at radius 1 is 1.07 bits per heavy atom. The minimum absolute atomic E-state index is 0.0437. The number of carbonyl (C=O) groups is 2. The Morgan fingerprint density at radius 2 is 1.79 bits per heavy atom. The molecule has 1 amide bonds. The van der Waals surface area contributed by atoms with Crippen molar-refractivity contribution in [3.8, 4) is 6.07 Å². The molecule has 6 heteroatoms. The molecule has 0 unspecified atom stereocenters. The van der Waals surface area contributed by atoms with E-state index in [1.165, 1.54) is 18.2 Å². The van der Waals surface area contributed by atoms with Crippen LogP contribution in [0.3, 0.4) is 0 Å². The zero-order valence-corrected chi connectivity index (χ0v) is 16.7. The number of carbonyl (C=O) groups excluding carboxylic acids is 2. The van der Waals surface area contributed by atoms with Crippen LogP contribution in [0, 0.1) is 18.3 Å². The van der Waals surface area contributed by atoms with E-state index in [2.05, 4.69) is 41.4 Å². The maximum absolute atomic E-state index is 12.5. The molecule has 2 aromatic rings. The lowest BCUT2D eigenvalue weighted by Crippen LogP contribution is -2.44. The quantitative estimate of drug-likeness (QED) is 0.483. The van der Waals surface area contributed by atoms with Crippen molar-refractivity contribution >= 4 is 23.1 Å². The number of aryl methyl sites for hydroxylation is 1. The van der Waals surface area contributed by atoms with Crippen LogP contribution in [-0.4, -0.2) is 42.8 Å². The summed E-state index contributed by atoms with van der Waals surface area (Å²) in [5.41, 5.74) is 3.47. The van der Waals surface area contributed by atoms with E-state index in [1.807, 2.05) is 11.0 Å². The van der Waals surface area contributed by atoms with Gasteiger partial charge in [0.1, 0.15) is 11.6 Å². The summed E-state index contributed by atoms with van der Waals surface area (Å²) in [5, 5.41) is 12.1. The Morgan fingerprint density at radius 3 is 2.45 bits per heavy atom. The molecule has 1 fully saturated rings. The van der Waals surface area contributed by atoms with Gasteiger partial charge in [0.25, 0.3) is 5.91 Å². The standard InChI is InChI=1S/C23H24N4O2/c1-17-5-3-8-22(13-17)27-11-9-26(10-12-27)16-20(15-24)23(29)25-21-7-4-6-19(14-21)18(2)28/h3-8,13-14,16H,9-12H2,1-2H3,(H,25,29)/b20-16-. The molecule has 0 bridgehead atoms. The van der Waals surface area contributed by atoms with Crippen molar-refractivity contribution in [1.29, 1.82) is 5.26 Å². The monoisotopic (exact) mass is 388 g/mol. The maximum atomic E-state index is 12.5. The SMILES string of the molecule is CC(=O)c1cccc(NC(=O)/C(C#N)=C\N2CCN(c3cccc(C)c3)CC2)c1. The molecule has 0 aromatic heterocycles. The van der Waals surface area contributed by atoms with Gasteiger partial charge in [-0.2, -0.15) is 5.26 Å². The summed E-state index contributed by atoms with van der Waals surface area (Å²) in [6.07, 6.45) is 1.62. The summed E-state index contributed by atoms with van der Waals surface area (Å²) in [7, 11) is 0. The van der Waals surface area contributed by atoms with E-state index in [4.69, 9.17) is 0 Å². The maximum Gasteiger partial charge on any atom is 0.267 e. The second kappa shape index (κ2) is 9.07. The van der Waals surface area contributed by atoms with Crippen LogP contribution >= 0.6 is 0 Å². The predicted molar refractivity (Wildman–Crippen MR) is 114 cm³/mol. The fourth-order valence-corrected chi connectivity index (χ4v) is 3.27. The van der Waals surface area contributed by atoms with E-state index < -0.39 is 5.91 Å². The van der Waals surface area contributed by atoms with Crippen LogP contribution in [0.25, 0.3) is 0 Å². The third kappa shape index (κ3) is 5.23. The lowest BCUT2D eigenvalue weighted by Gasteiger charge is -2.35. The largest absolute Gasteiger partial charge is 0.373 e. The van der Waals surface area contributed by atoms with Gasteiger partial charge in [-0.25, -0.2) is 0 Å². The van der Waals surface area contributed by atoms with Gasteiger partial charge in [-0.1, -0.05) is 24.3 Å². The number of amides is 1. The Balaban J connectivity index is 1.63. The van der Waals surface area contributed by atoms with E-state index in [0.29, 0.717) is 11.3 Å². The molecule has 6 nitrogen and oxygen atoms in total. The summed E-state index contributed by atoms with van der Waals surface area (Å²) in [5.74, 6) is -0.557. The number of Topliss-reactive ketones (excluding diaryl/α,β-unsaturated/α-hetero) is 1. The van der Waals surface area contributed by atoms with Crippen LogP contribution in [0.5, 0.6) is 0 Å². The molecule has 0 spiro atoms. The molecule has 1 N–H and O–H groups in total. The first kappa shape index (κ1) is 20.2. The number of nitrogens with one attached hydrogen (secondary N) is 1. The van der Waals surface area contributed by atoms with Gasteiger partial charge >= 0.3 is 0 Å². The van der Waals surface area contributed by atoms with Gasteiger partial charge in [-0.05, 0) is 43.7 Å². The number of nitrogens with zero attached hydrogens (tertiary/aromatic N) is 3. The fourth-order valence-electron chi connectivity index (χ4n) is 3.27. The van der Waals surface area contributed by atoms with Gasteiger partial charge in [0.15, 0.2) is 5.78 Å². The summed E-state index contributed by atoms with van der Waals surface area (Å²) in [4.78, 5) is 28.3. The van der Waals surface area contributed by atoms with Gasteiger partial charge in [0.2, 0.25) is 0 Å². The number of nitriles is 1. The smallest absolute Gasteiger partial charge is 0.267 e. The molecule has 1 saturated heterocycles. The van der Waals surface area contributed by atoms with Gasteiger partial charge in [0, 0.05) is 49.3 Å². The van der Waals surface area contributed by atoms with E-state index in [0.717, 1.165) is 26.2 Å². The molecular formula is C23H24N4O2. The molecular weight excluding hydrogens is 364 g/mol. The van der Waals surface area contributed by atoms with Crippen LogP contribution < -0.4 is 10.2 Å². The predicted octanol–water partition coefficient (Wildman–Crippen LogP) is 3.37. The highest BCUT2D eigenvalue weighted by Crippen LogP contribution is 2.18. The van der Waals surface area contributed by atoms with Crippen molar-refractivity contribution < 1.29 is 9.59 Å². The lowest BCUT2D eigenvalue weighted by molar-refractivity contribution is -0.112. The van der Waals surface area contributed by atoms with Crippen molar-refractivity contribution in [3.05, 3.63) is 71.4 Å². The summed E-state index contributed by atoms with van der Waals surface area (Å²) >= 11 is 0. The van der Waals surface area contributed by atoms with E-state index in [-0.39, 0.29) is 11.4 Å². The average Bonchev–Trinajstić information content (AvgIpc) is 2.72. The van der Waals surface area contributed by atoms with Crippen molar-refractivity contribution in [2.24, 2.45) is 0 Å². The van der Waals surface area contributed by atoms with Crippen molar-refractivity contribution in [2.45, 2.75) is 13.8 Å². The molecule has 1 heterocycles. The average molecular weight is 388 g/mol. The van der Waals surface area contributed by atoms with Crippen LogP contribution in [0.1, 0.15) is 22.8 Å². The van der Waals surface area contributed by atoms with Gasteiger partial charge in [-0.3, -0.25) is 9.59 Å². The Hall–Kier alpha value is -3.59. The molecule has 2 aromatic carbocycles. The number of benzene rings is 2. The molecule has 1 aliphatic heterocycles. The first-order valence-electron chi connectivity index (χ1n) is 9.56. The fraction of sp³-hybridized carbons (Fsp3) is 0.261. The highest BCUT2D eigenvalue weighted by Gasteiger charge is 2.18. The Kier molecular flexibility index (Phi) is 6.30. The first-order chi connectivity index (χ1) is 14.0. The molecule has 0 aliphatic carbocycles. The van der Waals surface area contributed by atoms with Gasteiger partial charge in [-0.15, -0.1) is 0 Å². The van der Waals surface area contributed by atoms with Crippen LogP contribution in [0.2, 0.25) is 0 Å². The second-order valence-electron chi connectivity index (χ2n) is 7.11. The number of hydrogen-bond donors (Lipinski definition) is 1. The minimum atomic E-state index is -0.477. The normalized spacial score (nSPS) is 14.3. The highest BCUT2D eigenvalue weighted by molar-refractivity contribution is 6.07. The van der Waals surface area contributed by atoms with E-state index in [1.54, 1.807) is 30.5 Å². The zero-order chi connectivity index (χ0) is 20.8. The second-order valence-corrected chi connectivity index (χ2v) is 7.11. The number of hydrogen-bond acceptors (Lipinski definition) is 5. The lowest BCUT2D eigenvalue weighted by atomic mass is 10.1. The van der Waals surface area contributed by atoms with E-state index in [9.17, 15) is 14.9 Å². The van der Waals surface area contributed by atoms with Gasteiger partial charge < -0.3 is 15.1 Å². The molecule has 0 saturated carbocycles. The Labute approximate surface area is 171 Å². The van der Waals surface area contributed by atoms with Crippen LogP contribution in [-0.2, 0) is 4.79 Å².